The molecule has 1 aromatic rings. The number of ether oxygens (including phenoxy) is 1. The van der Waals surface area contributed by atoms with Crippen LogP contribution in [0.1, 0.15) is 43.9 Å². The molecule has 80 valence electrons. The molecule has 1 aromatic heterocycles. The highest BCUT2D eigenvalue weighted by atomic mass is 16.5. The summed E-state index contributed by atoms with van der Waals surface area (Å²) in [4.78, 5) is 11.0. The molecule has 1 rings (SSSR count). The minimum atomic E-state index is -0.430. The first-order chi connectivity index (χ1) is 6.77. The van der Waals surface area contributed by atoms with E-state index in [2.05, 4.69) is 5.16 Å². The molecule has 0 aliphatic heterocycles. The first kappa shape index (κ1) is 12.7. The Morgan fingerprint density at radius 1 is 1.50 bits per heavy atom. The zero-order valence-electron chi connectivity index (χ0n) is 9.16. The van der Waals surface area contributed by atoms with Crippen LogP contribution in [0.5, 0.6) is 0 Å². The fraction of sp³-hybridized carbons (Fsp3) is 0.600. The fourth-order valence-electron chi connectivity index (χ4n) is 0.781. The van der Waals surface area contributed by atoms with Crippen molar-refractivity contribution in [2.24, 2.45) is 0 Å². The second-order valence-corrected chi connectivity index (χ2v) is 2.25. The monoisotopic (exact) mass is 199 g/mol. The van der Waals surface area contributed by atoms with Crippen molar-refractivity contribution in [3.05, 3.63) is 17.5 Å². The van der Waals surface area contributed by atoms with Crippen LogP contribution in [0, 0.1) is 0 Å². The van der Waals surface area contributed by atoms with Gasteiger partial charge in [-0.25, -0.2) is 4.79 Å². The molecule has 0 unspecified atom stereocenters. The third kappa shape index (κ3) is 3.60. The van der Waals surface area contributed by atoms with Crippen LogP contribution in [0.4, 0.5) is 0 Å². The van der Waals surface area contributed by atoms with Crippen LogP contribution in [-0.4, -0.2) is 17.7 Å². The third-order valence-corrected chi connectivity index (χ3v) is 1.39. The number of nitrogens with zero attached hydrogens (tertiary/aromatic N) is 1. The van der Waals surface area contributed by atoms with E-state index in [1.165, 1.54) is 0 Å². The maximum absolute atomic E-state index is 11.0. The summed E-state index contributed by atoms with van der Waals surface area (Å²) < 4.78 is 9.55. The van der Waals surface area contributed by atoms with E-state index in [9.17, 15) is 4.79 Å². The molecular weight excluding hydrogens is 182 g/mol. The third-order valence-electron chi connectivity index (χ3n) is 1.39. The van der Waals surface area contributed by atoms with Gasteiger partial charge >= 0.3 is 5.97 Å². The fourth-order valence-corrected chi connectivity index (χ4v) is 0.781. The van der Waals surface area contributed by atoms with E-state index in [-0.39, 0.29) is 5.69 Å². The van der Waals surface area contributed by atoms with Crippen LogP contribution in [0.3, 0.4) is 0 Å². The molecule has 0 radical (unpaired) electrons. The molecule has 0 aromatic carbocycles. The second kappa shape index (κ2) is 7.12. The number of carbonyl (C=O) groups excluding carboxylic acids is 1. The molecule has 0 fully saturated rings. The maximum Gasteiger partial charge on any atom is 0.360 e. The standard InChI is InChI=1S/C8H11NO3.C2H6/c1-3-6-5-7(9-12-6)8(10)11-4-2;1-2/h5H,3-4H2,1-2H3;1-2H3. The van der Waals surface area contributed by atoms with Crippen molar-refractivity contribution in [1.82, 2.24) is 5.16 Å². The summed E-state index contributed by atoms with van der Waals surface area (Å²) in [5.74, 6) is 0.263. The van der Waals surface area contributed by atoms with E-state index in [1.807, 2.05) is 20.8 Å². The smallest absolute Gasteiger partial charge is 0.360 e. The lowest BCUT2D eigenvalue weighted by atomic mass is 10.3. The van der Waals surface area contributed by atoms with E-state index >= 15 is 0 Å². The molecule has 0 saturated carbocycles. The van der Waals surface area contributed by atoms with E-state index in [0.717, 1.165) is 6.42 Å². The van der Waals surface area contributed by atoms with Crippen LogP contribution in [0.2, 0.25) is 0 Å². The molecular formula is C10H17NO3. The molecule has 0 aliphatic rings. The zero-order valence-corrected chi connectivity index (χ0v) is 9.16. The van der Waals surface area contributed by atoms with Crippen molar-refractivity contribution in [3.8, 4) is 0 Å². The lowest BCUT2D eigenvalue weighted by Crippen LogP contribution is -2.04. The molecule has 4 nitrogen and oxygen atoms in total. The van der Waals surface area contributed by atoms with E-state index in [1.54, 1.807) is 13.0 Å². The Bertz CT molecular complexity index is 268. The number of hydrogen-bond donors (Lipinski definition) is 0. The van der Waals surface area contributed by atoms with Gasteiger partial charge in [0.15, 0.2) is 5.69 Å². The van der Waals surface area contributed by atoms with Gasteiger partial charge in [-0.15, -0.1) is 0 Å². The van der Waals surface area contributed by atoms with Crippen LogP contribution < -0.4 is 0 Å². The average molecular weight is 199 g/mol. The van der Waals surface area contributed by atoms with Gasteiger partial charge in [0.25, 0.3) is 0 Å². The Morgan fingerprint density at radius 2 is 2.14 bits per heavy atom. The first-order valence-electron chi connectivity index (χ1n) is 4.90. The minimum Gasteiger partial charge on any atom is -0.461 e. The molecule has 14 heavy (non-hydrogen) atoms. The topological polar surface area (TPSA) is 52.3 Å². The number of aromatic nitrogens is 1. The van der Waals surface area contributed by atoms with Gasteiger partial charge < -0.3 is 9.26 Å². The summed E-state index contributed by atoms with van der Waals surface area (Å²) in [6, 6.07) is 1.60. The summed E-state index contributed by atoms with van der Waals surface area (Å²) in [5.41, 5.74) is 0.244. The molecule has 0 amide bonds. The van der Waals surface area contributed by atoms with Gasteiger partial charge in [0.2, 0.25) is 0 Å². The summed E-state index contributed by atoms with van der Waals surface area (Å²) in [6.07, 6.45) is 0.729. The Hall–Kier alpha value is -1.32. The summed E-state index contributed by atoms with van der Waals surface area (Å²) in [6.45, 7) is 8.03. The van der Waals surface area contributed by atoms with Crippen LogP contribution in [0.25, 0.3) is 0 Å². The lowest BCUT2D eigenvalue weighted by molar-refractivity contribution is 0.0514. The predicted molar refractivity (Wildman–Crippen MR) is 53.2 cm³/mol. The molecule has 0 bridgehead atoms. The van der Waals surface area contributed by atoms with Crippen molar-refractivity contribution in [3.63, 3.8) is 0 Å². The van der Waals surface area contributed by atoms with Crippen LogP contribution in [0.15, 0.2) is 10.6 Å². The van der Waals surface area contributed by atoms with E-state index in [4.69, 9.17) is 9.26 Å². The highest BCUT2D eigenvalue weighted by molar-refractivity contribution is 5.87. The normalized spacial score (nSPS) is 8.86. The quantitative estimate of drug-likeness (QED) is 0.701. The van der Waals surface area contributed by atoms with Gasteiger partial charge in [-0.2, -0.15) is 0 Å². The Morgan fingerprint density at radius 3 is 2.57 bits per heavy atom. The predicted octanol–water partition coefficient (Wildman–Crippen LogP) is 2.44. The van der Waals surface area contributed by atoms with Crippen molar-refractivity contribution >= 4 is 5.97 Å². The molecule has 4 heteroatoms. The largest absolute Gasteiger partial charge is 0.461 e. The first-order valence-corrected chi connectivity index (χ1v) is 4.90. The van der Waals surface area contributed by atoms with Gasteiger partial charge in [-0.3, -0.25) is 0 Å². The molecule has 0 aliphatic carbocycles. The zero-order chi connectivity index (χ0) is 11.0. The summed E-state index contributed by atoms with van der Waals surface area (Å²) in [7, 11) is 0. The van der Waals surface area contributed by atoms with Crippen molar-refractivity contribution < 1.29 is 14.1 Å². The molecule has 1 heterocycles. The minimum absolute atomic E-state index is 0.244. The number of hydrogen-bond acceptors (Lipinski definition) is 4. The second-order valence-electron chi connectivity index (χ2n) is 2.25. The number of carbonyl (C=O) groups is 1. The lowest BCUT2D eigenvalue weighted by Gasteiger charge is -1.94. The van der Waals surface area contributed by atoms with E-state index in [0.29, 0.717) is 12.4 Å². The van der Waals surface area contributed by atoms with Crippen molar-refractivity contribution in [2.75, 3.05) is 6.61 Å². The number of rotatable bonds is 3. The molecule has 0 spiro atoms. The SMILES string of the molecule is CC.CCOC(=O)c1cc(CC)on1. The van der Waals surface area contributed by atoms with Gasteiger partial charge in [0.1, 0.15) is 5.76 Å². The Kier molecular flexibility index (Phi) is 6.45. The van der Waals surface area contributed by atoms with Gasteiger partial charge in [-0.1, -0.05) is 25.9 Å². The Balaban J connectivity index is 0.000000791. The highest BCUT2D eigenvalue weighted by Crippen LogP contribution is 2.05. The summed E-state index contributed by atoms with van der Waals surface area (Å²) >= 11 is 0. The molecule has 0 saturated heterocycles. The van der Waals surface area contributed by atoms with Gasteiger partial charge in [0, 0.05) is 12.5 Å². The van der Waals surface area contributed by atoms with Crippen molar-refractivity contribution in [2.45, 2.75) is 34.1 Å². The molecule has 0 atom stereocenters. The number of aryl methyl sites for hydroxylation is 1. The van der Waals surface area contributed by atoms with Gasteiger partial charge in [-0.05, 0) is 6.92 Å². The Labute approximate surface area is 84.2 Å². The maximum atomic E-state index is 11.0. The van der Waals surface area contributed by atoms with Crippen LogP contribution in [-0.2, 0) is 11.2 Å². The average Bonchev–Trinajstić information content (AvgIpc) is 2.69. The van der Waals surface area contributed by atoms with Crippen molar-refractivity contribution in [1.29, 1.82) is 0 Å². The summed E-state index contributed by atoms with van der Waals surface area (Å²) in [5, 5.41) is 3.56. The van der Waals surface area contributed by atoms with Gasteiger partial charge in [0.05, 0.1) is 6.61 Å². The van der Waals surface area contributed by atoms with Crippen LogP contribution >= 0.6 is 0 Å². The van der Waals surface area contributed by atoms with E-state index < -0.39 is 5.97 Å². The highest BCUT2D eigenvalue weighted by Gasteiger charge is 2.11. The number of esters is 1. The molecule has 0 N–H and O–H groups in total.